The van der Waals surface area contributed by atoms with Crippen molar-refractivity contribution in [2.24, 2.45) is 0 Å². The Morgan fingerprint density at radius 3 is 2.87 bits per heavy atom. The number of phenolic OH excluding ortho intramolecular Hbond substituents is 1. The van der Waals surface area contributed by atoms with Crippen molar-refractivity contribution < 1.29 is 29.6 Å². The normalized spacial score (nSPS) is 23.3. The van der Waals surface area contributed by atoms with Gasteiger partial charge in [-0.25, -0.2) is 4.98 Å². The van der Waals surface area contributed by atoms with Crippen LogP contribution in [0.4, 0.5) is 0 Å². The van der Waals surface area contributed by atoms with Gasteiger partial charge in [-0.1, -0.05) is 0 Å². The molecule has 3 N–H and O–H groups in total. The molecule has 2 fully saturated rings. The highest BCUT2D eigenvalue weighted by atomic mass is 16.5. The Kier molecular flexibility index (Phi) is 7.67. The number of carbonyl (C=O) groups is 1. The molecule has 1 aromatic heterocycles. The molecule has 0 saturated carbocycles. The topological polar surface area (TPSA) is 117 Å². The predicted molar refractivity (Wildman–Crippen MR) is 110 cm³/mol. The van der Waals surface area contributed by atoms with Crippen molar-refractivity contribution in [2.45, 2.75) is 38.0 Å². The minimum absolute atomic E-state index is 0.123. The van der Waals surface area contributed by atoms with E-state index >= 15 is 0 Å². The number of carboxylic acid groups (broad SMARTS) is 1. The van der Waals surface area contributed by atoms with E-state index in [-0.39, 0.29) is 24.9 Å². The second-order valence-corrected chi connectivity index (χ2v) is 7.34. The Hall–Kier alpha value is -2.62. The first-order chi connectivity index (χ1) is 14.6. The van der Waals surface area contributed by atoms with E-state index in [9.17, 15) is 5.11 Å². The van der Waals surface area contributed by atoms with Gasteiger partial charge in [-0.3, -0.25) is 9.69 Å². The lowest BCUT2D eigenvalue weighted by atomic mass is 10.1. The summed E-state index contributed by atoms with van der Waals surface area (Å²) in [6.07, 6.45) is 5.68. The number of morpholine rings is 1. The molecule has 30 heavy (non-hydrogen) atoms. The van der Waals surface area contributed by atoms with Crippen LogP contribution in [0.2, 0.25) is 0 Å². The van der Waals surface area contributed by atoms with Gasteiger partial charge >= 0.3 is 0 Å². The van der Waals surface area contributed by atoms with Crippen LogP contribution < -0.4 is 4.74 Å². The van der Waals surface area contributed by atoms with Crippen LogP contribution in [0.25, 0.3) is 11.4 Å². The maximum Gasteiger partial charge on any atom is 0.290 e. The molecule has 4 rings (SSSR count). The maximum atomic E-state index is 9.96. The summed E-state index contributed by atoms with van der Waals surface area (Å²) in [6.45, 7) is 4.86. The van der Waals surface area contributed by atoms with E-state index in [1.807, 2.05) is 31.5 Å². The van der Waals surface area contributed by atoms with Crippen LogP contribution in [0.5, 0.6) is 11.5 Å². The minimum atomic E-state index is -0.250. The third kappa shape index (κ3) is 4.92. The third-order valence-electron chi connectivity index (χ3n) is 5.50. The Labute approximate surface area is 175 Å². The van der Waals surface area contributed by atoms with Gasteiger partial charge in [0.05, 0.1) is 19.3 Å². The lowest BCUT2D eigenvalue weighted by Crippen LogP contribution is -2.46. The van der Waals surface area contributed by atoms with Crippen LogP contribution in [0.15, 0.2) is 30.6 Å². The summed E-state index contributed by atoms with van der Waals surface area (Å²) >= 11 is 0. The van der Waals surface area contributed by atoms with Gasteiger partial charge in [0.1, 0.15) is 5.82 Å². The molecule has 0 bridgehead atoms. The molecule has 3 atom stereocenters. The van der Waals surface area contributed by atoms with Crippen LogP contribution in [-0.4, -0.2) is 81.3 Å². The molecule has 3 heterocycles. The number of benzene rings is 1. The van der Waals surface area contributed by atoms with Gasteiger partial charge in [-0.05, 0) is 38.0 Å². The number of nitrogens with zero attached hydrogens (tertiary/aromatic N) is 3. The van der Waals surface area contributed by atoms with Crippen LogP contribution in [-0.2, 0) is 9.53 Å². The molecule has 2 aliphatic rings. The molecular formula is C21H29N3O6. The molecule has 0 unspecified atom stereocenters. The minimum Gasteiger partial charge on any atom is -0.504 e. The summed E-state index contributed by atoms with van der Waals surface area (Å²) in [5, 5.41) is 26.0. The first-order valence-electron chi connectivity index (χ1n) is 10.1. The van der Waals surface area contributed by atoms with Crippen molar-refractivity contribution in [3.63, 3.8) is 0 Å². The van der Waals surface area contributed by atoms with Gasteiger partial charge in [0.2, 0.25) is 0 Å². The standard InChI is InChI=1S/C20H27N3O4.CH2O2/c1-2-26-19-9-14(3-4-18(19)25)20-21-6-7-23(20)15-10-16-13-27-17(5-8-24)12-22(16)11-15;2-1-3/h3-4,6-7,9,15-17,24-25H,2,5,8,10-13H2,1H3;1H,(H,2,3)/t15-,16+,17+;/m1./s1. The number of hydrogen-bond acceptors (Lipinski definition) is 7. The van der Waals surface area contributed by atoms with Gasteiger partial charge < -0.3 is 29.4 Å². The fourth-order valence-corrected chi connectivity index (χ4v) is 4.19. The zero-order chi connectivity index (χ0) is 21.5. The van der Waals surface area contributed by atoms with Gasteiger partial charge in [0, 0.05) is 49.7 Å². The number of phenols is 1. The second-order valence-electron chi connectivity index (χ2n) is 7.34. The van der Waals surface area contributed by atoms with Crippen molar-refractivity contribution in [3.05, 3.63) is 30.6 Å². The summed E-state index contributed by atoms with van der Waals surface area (Å²) < 4.78 is 13.6. The molecule has 0 radical (unpaired) electrons. The first-order valence-corrected chi connectivity index (χ1v) is 10.1. The maximum absolute atomic E-state index is 9.96. The van der Waals surface area contributed by atoms with Crippen LogP contribution >= 0.6 is 0 Å². The fourth-order valence-electron chi connectivity index (χ4n) is 4.19. The van der Waals surface area contributed by atoms with E-state index in [0.29, 0.717) is 30.9 Å². The van der Waals surface area contributed by atoms with Gasteiger partial charge in [-0.15, -0.1) is 0 Å². The van der Waals surface area contributed by atoms with E-state index in [0.717, 1.165) is 37.5 Å². The zero-order valence-corrected chi connectivity index (χ0v) is 17.1. The Balaban J connectivity index is 0.000000806. The highest BCUT2D eigenvalue weighted by Gasteiger charge is 2.38. The monoisotopic (exact) mass is 419 g/mol. The highest BCUT2D eigenvalue weighted by Crippen LogP contribution is 2.36. The lowest BCUT2D eigenvalue weighted by Gasteiger charge is -2.34. The number of rotatable bonds is 6. The van der Waals surface area contributed by atoms with E-state index in [1.165, 1.54) is 0 Å². The largest absolute Gasteiger partial charge is 0.504 e. The number of fused-ring (bicyclic) bond motifs is 1. The van der Waals surface area contributed by atoms with Crippen LogP contribution in [0.1, 0.15) is 25.8 Å². The summed E-state index contributed by atoms with van der Waals surface area (Å²) in [5.41, 5.74) is 0.931. The number of aliphatic hydroxyl groups excluding tert-OH is 1. The molecule has 9 heteroatoms. The SMILES string of the molecule is CCOc1cc(-c2nccn2[C@@H]2C[C@H]3CO[C@@H](CCO)CN3C2)ccc1O.O=CO. The molecule has 2 aliphatic heterocycles. The highest BCUT2D eigenvalue weighted by molar-refractivity contribution is 5.61. The van der Waals surface area contributed by atoms with E-state index < -0.39 is 0 Å². The van der Waals surface area contributed by atoms with E-state index in [4.69, 9.17) is 24.5 Å². The van der Waals surface area contributed by atoms with Crippen molar-refractivity contribution in [3.8, 4) is 22.9 Å². The lowest BCUT2D eigenvalue weighted by molar-refractivity contribution is -0.122. The summed E-state index contributed by atoms with van der Waals surface area (Å²) in [5.74, 6) is 1.51. The Morgan fingerprint density at radius 2 is 2.13 bits per heavy atom. The quantitative estimate of drug-likeness (QED) is 0.607. The molecule has 9 nitrogen and oxygen atoms in total. The summed E-state index contributed by atoms with van der Waals surface area (Å²) in [4.78, 5) is 15.4. The number of aliphatic hydroxyl groups is 1. The van der Waals surface area contributed by atoms with Crippen molar-refractivity contribution in [1.29, 1.82) is 0 Å². The molecule has 1 aromatic carbocycles. The average Bonchev–Trinajstić information content (AvgIpc) is 3.37. The first kappa shape index (κ1) is 22.1. The molecule has 0 spiro atoms. The number of aromatic hydroxyl groups is 1. The predicted octanol–water partition coefficient (Wildman–Crippen LogP) is 1.75. The molecular weight excluding hydrogens is 390 g/mol. The summed E-state index contributed by atoms with van der Waals surface area (Å²) in [7, 11) is 0. The van der Waals surface area contributed by atoms with E-state index in [2.05, 4.69) is 14.5 Å². The van der Waals surface area contributed by atoms with Crippen LogP contribution in [0.3, 0.4) is 0 Å². The number of imidazole rings is 1. The summed E-state index contributed by atoms with van der Waals surface area (Å²) in [6, 6.07) is 6.12. The second kappa shape index (κ2) is 10.4. The van der Waals surface area contributed by atoms with Crippen LogP contribution in [0, 0.1) is 0 Å². The third-order valence-corrected chi connectivity index (χ3v) is 5.50. The smallest absolute Gasteiger partial charge is 0.290 e. The molecule has 164 valence electrons. The van der Waals surface area contributed by atoms with Crippen molar-refractivity contribution >= 4 is 6.47 Å². The Morgan fingerprint density at radius 1 is 1.33 bits per heavy atom. The van der Waals surface area contributed by atoms with E-state index in [1.54, 1.807) is 6.07 Å². The zero-order valence-electron chi connectivity index (χ0n) is 17.1. The number of ether oxygens (including phenoxy) is 2. The molecule has 2 aromatic rings. The Bertz CT molecular complexity index is 827. The van der Waals surface area contributed by atoms with Crippen molar-refractivity contribution in [2.75, 3.05) is 32.9 Å². The van der Waals surface area contributed by atoms with Gasteiger partial charge in [-0.2, -0.15) is 0 Å². The average molecular weight is 419 g/mol. The number of aromatic nitrogens is 2. The van der Waals surface area contributed by atoms with Crippen molar-refractivity contribution in [1.82, 2.24) is 14.5 Å². The van der Waals surface area contributed by atoms with Gasteiger partial charge in [0.25, 0.3) is 6.47 Å². The molecule has 0 aliphatic carbocycles. The van der Waals surface area contributed by atoms with Gasteiger partial charge in [0.15, 0.2) is 11.5 Å². The number of hydrogen-bond donors (Lipinski definition) is 3. The molecule has 0 amide bonds. The fraction of sp³-hybridized carbons (Fsp3) is 0.524. The molecule has 2 saturated heterocycles.